The number of anilines is 1. The van der Waals surface area contributed by atoms with Crippen LogP contribution in [0.3, 0.4) is 0 Å². The second kappa shape index (κ2) is 8.60. The van der Waals surface area contributed by atoms with Crippen molar-refractivity contribution < 1.29 is 23.9 Å². The Morgan fingerprint density at radius 1 is 1.34 bits per heavy atom. The van der Waals surface area contributed by atoms with Gasteiger partial charge in [0.15, 0.2) is 11.7 Å². The molecule has 2 aromatic rings. The highest BCUT2D eigenvalue weighted by atomic mass is 32.1. The van der Waals surface area contributed by atoms with E-state index in [0.29, 0.717) is 36.8 Å². The van der Waals surface area contributed by atoms with E-state index in [-0.39, 0.29) is 30.9 Å². The number of nitrogens with zero attached hydrogens (tertiary/aromatic N) is 2. The fraction of sp³-hybridized carbons (Fsp3) is 0.400. The number of nitrogens with one attached hydrogen (secondary N) is 1. The van der Waals surface area contributed by atoms with Gasteiger partial charge < -0.3 is 14.8 Å². The summed E-state index contributed by atoms with van der Waals surface area (Å²) in [4.78, 5) is 42.0. The molecule has 29 heavy (non-hydrogen) atoms. The van der Waals surface area contributed by atoms with Gasteiger partial charge >= 0.3 is 5.97 Å². The Kier molecular flexibility index (Phi) is 5.75. The normalized spacial score (nSPS) is 18.1. The van der Waals surface area contributed by atoms with Crippen LogP contribution in [0.1, 0.15) is 36.6 Å². The lowest BCUT2D eigenvalue weighted by Gasteiger charge is -2.26. The van der Waals surface area contributed by atoms with Crippen molar-refractivity contribution in [3.8, 4) is 5.75 Å². The average Bonchev–Trinajstić information content (AvgIpc) is 3.35. The first-order chi connectivity index (χ1) is 14.1. The zero-order valence-electron chi connectivity index (χ0n) is 15.8. The summed E-state index contributed by atoms with van der Waals surface area (Å²) in [5.74, 6) is -0.0736. The number of carbonyl (C=O) groups is 3. The smallest absolute Gasteiger partial charge is 0.312 e. The first-order valence-electron chi connectivity index (χ1n) is 9.51. The van der Waals surface area contributed by atoms with Crippen LogP contribution in [0.25, 0.3) is 0 Å². The molecule has 2 amide bonds. The molecule has 0 saturated carbocycles. The first-order valence-corrected chi connectivity index (χ1v) is 10.4. The molecule has 2 aliphatic heterocycles. The quantitative estimate of drug-likeness (QED) is 0.725. The van der Waals surface area contributed by atoms with Gasteiger partial charge in [0.1, 0.15) is 5.75 Å². The molecule has 0 radical (unpaired) electrons. The number of rotatable bonds is 6. The van der Waals surface area contributed by atoms with Crippen molar-refractivity contribution in [2.24, 2.45) is 0 Å². The highest BCUT2D eigenvalue weighted by molar-refractivity contribution is 7.14. The fourth-order valence-corrected chi connectivity index (χ4v) is 4.29. The summed E-state index contributed by atoms with van der Waals surface area (Å²) in [6, 6.07) is 7.39. The van der Waals surface area contributed by atoms with E-state index in [0.717, 1.165) is 17.7 Å². The van der Waals surface area contributed by atoms with E-state index in [2.05, 4.69) is 10.3 Å². The van der Waals surface area contributed by atoms with Gasteiger partial charge in [0, 0.05) is 30.3 Å². The predicted octanol–water partition coefficient (Wildman–Crippen LogP) is 2.00. The largest absolute Gasteiger partial charge is 0.493 e. The molecule has 1 unspecified atom stereocenters. The number of hydrogen-bond donors (Lipinski definition) is 1. The van der Waals surface area contributed by atoms with Gasteiger partial charge in [-0.25, -0.2) is 4.98 Å². The van der Waals surface area contributed by atoms with Crippen molar-refractivity contribution in [2.45, 2.75) is 31.7 Å². The summed E-state index contributed by atoms with van der Waals surface area (Å²) in [5, 5.41) is 5.23. The van der Waals surface area contributed by atoms with Crippen LogP contribution in [0.5, 0.6) is 5.75 Å². The molecule has 1 aromatic heterocycles. The molecule has 152 valence electrons. The summed E-state index contributed by atoms with van der Waals surface area (Å²) in [6.07, 6.45) is 1.98. The van der Waals surface area contributed by atoms with Crippen molar-refractivity contribution >= 4 is 34.3 Å². The third-order valence-corrected chi connectivity index (χ3v) is 5.74. The standard InChI is InChI=1S/C20H21N3O5S/c24-17(22-15-7-9-27-16-5-2-1-4-14(15)16)11-28-19(26)10-13-12-29-20(21-13)23-8-3-6-18(23)25/h1-2,4-5,12,15H,3,6-11H2,(H,22,24). The summed E-state index contributed by atoms with van der Waals surface area (Å²) in [5.41, 5.74) is 1.46. The van der Waals surface area contributed by atoms with Crippen LogP contribution in [0.4, 0.5) is 5.13 Å². The second-order valence-electron chi connectivity index (χ2n) is 6.90. The molecule has 0 aliphatic carbocycles. The van der Waals surface area contributed by atoms with Gasteiger partial charge in [0.05, 0.1) is 24.8 Å². The highest BCUT2D eigenvalue weighted by Crippen LogP contribution is 2.31. The highest BCUT2D eigenvalue weighted by Gasteiger charge is 2.25. The van der Waals surface area contributed by atoms with Gasteiger partial charge in [0.2, 0.25) is 5.91 Å². The van der Waals surface area contributed by atoms with E-state index >= 15 is 0 Å². The maximum Gasteiger partial charge on any atom is 0.312 e. The number of benzene rings is 1. The van der Waals surface area contributed by atoms with Crippen LogP contribution in [0.15, 0.2) is 29.6 Å². The van der Waals surface area contributed by atoms with E-state index < -0.39 is 5.97 Å². The van der Waals surface area contributed by atoms with Gasteiger partial charge in [-0.2, -0.15) is 0 Å². The molecule has 4 rings (SSSR count). The predicted molar refractivity (Wildman–Crippen MR) is 106 cm³/mol. The van der Waals surface area contributed by atoms with E-state index in [9.17, 15) is 14.4 Å². The molecule has 1 fully saturated rings. The number of esters is 1. The monoisotopic (exact) mass is 415 g/mol. The van der Waals surface area contributed by atoms with Crippen molar-refractivity contribution in [1.29, 1.82) is 0 Å². The SMILES string of the molecule is O=C(COC(=O)Cc1csc(N2CCCC2=O)n1)NC1CCOc2ccccc21. The van der Waals surface area contributed by atoms with Gasteiger partial charge in [-0.15, -0.1) is 11.3 Å². The third kappa shape index (κ3) is 4.56. The molecule has 0 bridgehead atoms. The number of para-hydroxylation sites is 1. The van der Waals surface area contributed by atoms with Crippen LogP contribution >= 0.6 is 11.3 Å². The molecule has 0 spiro atoms. The summed E-state index contributed by atoms with van der Waals surface area (Å²) < 4.78 is 10.7. The molecule has 1 atom stereocenters. The lowest BCUT2D eigenvalue weighted by Crippen LogP contribution is -2.35. The summed E-state index contributed by atoms with van der Waals surface area (Å²) in [7, 11) is 0. The minimum Gasteiger partial charge on any atom is -0.493 e. The van der Waals surface area contributed by atoms with E-state index in [4.69, 9.17) is 9.47 Å². The molecule has 3 heterocycles. The average molecular weight is 415 g/mol. The lowest BCUT2D eigenvalue weighted by molar-refractivity contribution is -0.148. The third-order valence-electron chi connectivity index (χ3n) is 4.83. The number of amides is 2. The molecule has 1 N–H and O–H groups in total. The number of fused-ring (bicyclic) bond motifs is 1. The Morgan fingerprint density at radius 2 is 2.21 bits per heavy atom. The first kappa shape index (κ1) is 19.4. The molecular formula is C20H21N3O5S. The molecular weight excluding hydrogens is 394 g/mol. The molecule has 8 nitrogen and oxygen atoms in total. The Labute approximate surface area is 171 Å². The van der Waals surface area contributed by atoms with Gasteiger partial charge in [-0.3, -0.25) is 19.3 Å². The van der Waals surface area contributed by atoms with Crippen molar-refractivity contribution in [1.82, 2.24) is 10.3 Å². The van der Waals surface area contributed by atoms with Gasteiger partial charge in [0.25, 0.3) is 5.91 Å². The minimum absolute atomic E-state index is 0.0358. The fourth-order valence-electron chi connectivity index (χ4n) is 3.42. The number of hydrogen-bond acceptors (Lipinski definition) is 7. The van der Waals surface area contributed by atoms with Crippen LogP contribution < -0.4 is 15.0 Å². The molecule has 2 aliphatic rings. The number of carbonyl (C=O) groups excluding carboxylic acids is 3. The molecule has 1 aromatic carbocycles. The van der Waals surface area contributed by atoms with E-state index in [1.54, 1.807) is 10.3 Å². The number of aromatic nitrogens is 1. The van der Waals surface area contributed by atoms with Crippen LogP contribution in [-0.4, -0.2) is 42.5 Å². The Morgan fingerprint density at radius 3 is 3.03 bits per heavy atom. The van der Waals surface area contributed by atoms with Crippen molar-refractivity contribution in [3.63, 3.8) is 0 Å². The maximum atomic E-state index is 12.2. The number of thiazole rings is 1. The topological polar surface area (TPSA) is 97.8 Å². The maximum absolute atomic E-state index is 12.2. The van der Waals surface area contributed by atoms with E-state index in [1.165, 1.54) is 11.3 Å². The molecule has 1 saturated heterocycles. The lowest BCUT2D eigenvalue weighted by atomic mass is 10.0. The Balaban J connectivity index is 1.25. The zero-order chi connectivity index (χ0) is 20.2. The zero-order valence-corrected chi connectivity index (χ0v) is 16.6. The summed E-state index contributed by atoms with van der Waals surface area (Å²) in [6.45, 7) is 0.832. The second-order valence-corrected chi connectivity index (χ2v) is 7.74. The molecule has 9 heteroatoms. The van der Waals surface area contributed by atoms with Crippen LogP contribution in [0, 0.1) is 0 Å². The van der Waals surface area contributed by atoms with Gasteiger partial charge in [-0.05, 0) is 12.5 Å². The minimum atomic E-state index is -0.530. The van der Waals surface area contributed by atoms with Crippen molar-refractivity contribution in [2.75, 3.05) is 24.7 Å². The van der Waals surface area contributed by atoms with Crippen molar-refractivity contribution in [3.05, 3.63) is 40.9 Å². The summed E-state index contributed by atoms with van der Waals surface area (Å²) >= 11 is 1.33. The van der Waals surface area contributed by atoms with Gasteiger partial charge in [-0.1, -0.05) is 18.2 Å². The van der Waals surface area contributed by atoms with Crippen LogP contribution in [-0.2, 0) is 25.5 Å². The number of ether oxygens (including phenoxy) is 2. The Hall–Kier alpha value is -2.94. The van der Waals surface area contributed by atoms with Crippen LogP contribution in [0.2, 0.25) is 0 Å². The Bertz CT molecular complexity index is 928. The van der Waals surface area contributed by atoms with E-state index in [1.807, 2.05) is 24.3 Å².